The molecule has 0 bridgehead atoms. The van der Waals surface area contributed by atoms with Gasteiger partial charge < -0.3 is 9.72 Å². The molecule has 0 aliphatic rings. The highest BCUT2D eigenvalue weighted by Gasteiger charge is 2.15. The van der Waals surface area contributed by atoms with Crippen molar-refractivity contribution in [3.63, 3.8) is 0 Å². The number of halogens is 3. The fourth-order valence-electron chi connectivity index (χ4n) is 3.35. The molecule has 2 heterocycles. The summed E-state index contributed by atoms with van der Waals surface area (Å²) in [6, 6.07) is 12.6. The Morgan fingerprint density at radius 2 is 1.62 bits per heavy atom. The fourth-order valence-corrected chi connectivity index (χ4v) is 5.36. The minimum absolute atomic E-state index is 0.0418. The molecule has 0 amide bonds. The molecule has 0 fully saturated rings. The zero-order valence-electron chi connectivity index (χ0n) is 21.0. The third-order valence-corrected chi connectivity index (χ3v) is 8.18. The Balaban J connectivity index is 0.000000243. The quantitative estimate of drug-likeness (QED) is 0.233. The Morgan fingerprint density at radius 3 is 2.21 bits per heavy atom. The van der Waals surface area contributed by atoms with E-state index in [4.69, 9.17) is 6.11 Å². The number of imidazole rings is 2. The number of aromatic nitrogens is 4. The molecule has 1 N–H and O–H groups in total. The summed E-state index contributed by atoms with van der Waals surface area (Å²) in [5.41, 5.74) is 3.45. The van der Waals surface area contributed by atoms with Crippen LogP contribution in [0.4, 0.5) is 4.39 Å². The van der Waals surface area contributed by atoms with E-state index in [9.17, 15) is 14.0 Å². The average Bonchev–Trinajstić information content (AvgIpc) is 3.20. The summed E-state index contributed by atoms with van der Waals surface area (Å²) in [5.74, 6) is 0. The number of alkyl halides is 1. The van der Waals surface area contributed by atoms with Gasteiger partial charge in [-0.25, -0.2) is 9.59 Å². The van der Waals surface area contributed by atoms with E-state index in [1.54, 1.807) is 27.8 Å². The van der Waals surface area contributed by atoms with Crippen molar-refractivity contribution in [2.75, 3.05) is 13.8 Å². The summed E-state index contributed by atoms with van der Waals surface area (Å²) < 4.78 is 28.0. The smallest absolute Gasteiger partial charge is 0.330 e. The average molecular weight is 619 g/mol. The monoisotopic (exact) mass is 617 g/mol. The highest BCUT2D eigenvalue weighted by Crippen LogP contribution is 2.22. The van der Waals surface area contributed by atoms with Gasteiger partial charge in [0.1, 0.15) is 6.73 Å². The third kappa shape index (κ3) is 6.59. The van der Waals surface area contributed by atoms with E-state index in [2.05, 4.69) is 56.5 Å². The highest BCUT2D eigenvalue weighted by atomic mass is 79.9. The van der Waals surface area contributed by atoms with Gasteiger partial charge in [-0.15, -0.1) is 0 Å². The van der Waals surface area contributed by atoms with Crippen molar-refractivity contribution in [3.8, 4) is 0 Å². The molecule has 0 saturated heterocycles. The Kier molecular flexibility index (Phi) is 9.52. The summed E-state index contributed by atoms with van der Waals surface area (Å²) in [6.45, 7) is 7.98. The minimum Gasteiger partial charge on any atom is -0.361 e. The number of hydrogen-bond acceptors (Lipinski definition) is 3. The molecule has 0 saturated carbocycles. The zero-order chi connectivity index (χ0) is 26.3. The SMILES string of the molecule is Cn1c(=O)[nH]c2cccc(Br)c21.Cn1c(=O)n(COCC[Si](C)(C)C)c2cccc(Br)c21.[2H]CF. The van der Waals surface area contributed by atoms with Crippen molar-refractivity contribution in [1.82, 2.24) is 18.7 Å². The van der Waals surface area contributed by atoms with Gasteiger partial charge in [-0.2, -0.15) is 0 Å². The van der Waals surface area contributed by atoms with Gasteiger partial charge in [0, 0.05) is 37.7 Å². The van der Waals surface area contributed by atoms with Gasteiger partial charge in [0.15, 0.2) is 0 Å². The number of ether oxygens (including phenoxy) is 1. The lowest BCUT2D eigenvalue weighted by molar-refractivity contribution is 0.0873. The van der Waals surface area contributed by atoms with E-state index in [0.29, 0.717) is 13.3 Å². The first-order valence-electron chi connectivity index (χ1n) is 11.2. The van der Waals surface area contributed by atoms with E-state index in [1.165, 1.54) is 0 Å². The maximum absolute atomic E-state index is 12.3. The van der Waals surface area contributed by atoms with Crippen LogP contribution in [0, 0.1) is 0 Å². The molecule has 2 aromatic heterocycles. The van der Waals surface area contributed by atoms with Crippen LogP contribution in [0.1, 0.15) is 1.37 Å². The lowest BCUT2D eigenvalue weighted by Crippen LogP contribution is -2.25. The third-order valence-electron chi connectivity index (χ3n) is 5.19. The van der Waals surface area contributed by atoms with E-state index in [0.717, 1.165) is 37.1 Å². The maximum atomic E-state index is 12.3. The van der Waals surface area contributed by atoms with Crippen molar-refractivity contribution >= 4 is 62.0 Å². The number of H-pyrrole nitrogens is 1. The van der Waals surface area contributed by atoms with Crippen LogP contribution >= 0.6 is 31.9 Å². The van der Waals surface area contributed by atoms with Gasteiger partial charge in [0.05, 0.1) is 30.6 Å². The lowest BCUT2D eigenvalue weighted by Gasteiger charge is -2.15. The van der Waals surface area contributed by atoms with Gasteiger partial charge >= 0.3 is 11.4 Å². The normalized spacial score (nSPS) is 11.6. The number of benzene rings is 2. The molecular formula is C23H31Br2FN4O3Si. The van der Waals surface area contributed by atoms with Crippen molar-refractivity contribution < 1.29 is 10.5 Å². The van der Waals surface area contributed by atoms with Crippen LogP contribution < -0.4 is 11.4 Å². The number of hydrogen-bond donors (Lipinski definition) is 1. The predicted octanol–water partition coefficient (Wildman–Crippen LogP) is 5.63. The molecule has 0 atom stereocenters. The summed E-state index contributed by atoms with van der Waals surface area (Å²) >= 11 is 6.88. The van der Waals surface area contributed by atoms with Gasteiger partial charge in [-0.1, -0.05) is 31.8 Å². The van der Waals surface area contributed by atoms with Gasteiger partial charge in [0.2, 0.25) is 0 Å². The molecule has 4 aromatic rings. The first kappa shape index (κ1) is 26.6. The molecule has 0 spiro atoms. The van der Waals surface area contributed by atoms with E-state index >= 15 is 0 Å². The van der Waals surface area contributed by atoms with Crippen LogP contribution in [0.5, 0.6) is 0 Å². The second-order valence-electron chi connectivity index (χ2n) is 8.85. The van der Waals surface area contributed by atoms with E-state index in [-0.39, 0.29) is 11.4 Å². The van der Waals surface area contributed by atoms with Crippen LogP contribution in [-0.2, 0) is 25.6 Å². The van der Waals surface area contributed by atoms with Crippen LogP contribution in [-0.4, -0.2) is 40.5 Å². The molecule has 0 radical (unpaired) electrons. The summed E-state index contributed by atoms with van der Waals surface area (Å²) in [7, 11) is 1.44. The van der Waals surface area contributed by atoms with Gasteiger partial charge in [-0.3, -0.25) is 18.1 Å². The number of nitrogens with one attached hydrogen (secondary N) is 1. The van der Waals surface area contributed by atoms with Gasteiger partial charge in [0.25, 0.3) is 0 Å². The molecule has 11 heteroatoms. The molecule has 4 rings (SSSR count). The molecule has 186 valence electrons. The Morgan fingerprint density at radius 1 is 1.03 bits per heavy atom. The largest absolute Gasteiger partial charge is 0.361 e. The number of nitrogens with zero attached hydrogens (tertiary/aromatic N) is 3. The summed E-state index contributed by atoms with van der Waals surface area (Å²) in [4.78, 5) is 26.2. The Hall–Kier alpha value is -1.95. The van der Waals surface area contributed by atoms with E-state index < -0.39 is 15.2 Å². The van der Waals surface area contributed by atoms with E-state index in [1.807, 2.05) is 36.4 Å². The van der Waals surface area contributed by atoms with Crippen LogP contribution in [0.25, 0.3) is 22.1 Å². The lowest BCUT2D eigenvalue weighted by atomic mass is 10.3. The second-order valence-corrected chi connectivity index (χ2v) is 16.2. The number of rotatable bonds is 5. The fraction of sp³-hybridized carbons (Fsp3) is 0.391. The number of aryl methyl sites for hydroxylation is 2. The van der Waals surface area contributed by atoms with Crippen LogP contribution in [0.15, 0.2) is 54.9 Å². The highest BCUT2D eigenvalue weighted by molar-refractivity contribution is 9.11. The first-order valence-corrected chi connectivity index (χ1v) is 15.8. The minimum atomic E-state index is -1.09. The van der Waals surface area contributed by atoms with Crippen LogP contribution in [0.2, 0.25) is 25.7 Å². The second kappa shape index (κ2) is 12.1. The molecule has 7 nitrogen and oxygen atoms in total. The Labute approximate surface area is 217 Å². The molecule has 0 aliphatic carbocycles. The topological polar surface area (TPSA) is 74.0 Å². The maximum Gasteiger partial charge on any atom is 0.330 e. The van der Waals surface area contributed by atoms with Crippen molar-refractivity contribution in [2.45, 2.75) is 32.4 Å². The molecule has 2 aromatic carbocycles. The predicted molar refractivity (Wildman–Crippen MR) is 147 cm³/mol. The Bertz CT molecular complexity index is 1390. The van der Waals surface area contributed by atoms with Crippen LogP contribution in [0.3, 0.4) is 0 Å². The van der Waals surface area contributed by atoms with Crippen molar-refractivity contribution in [2.24, 2.45) is 14.1 Å². The van der Waals surface area contributed by atoms with Crippen molar-refractivity contribution in [3.05, 3.63) is 66.3 Å². The molecule has 34 heavy (non-hydrogen) atoms. The van der Waals surface area contributed by atoms with Gasteiger partial charge in [-0.05, 0) is 62.2 Å². The molecule has 0 unspecified atom stereocenters. The first-order chi connectivity index (χ1) is 16.4. The van der Waals surface area contributed by atoms with Crippen molar-refractivity contribution in [1.29, 1.82) is 0 Å². The summed E-state index contributed by atoms with van der Waals surface area (Å²) in [5, 5.41) is 0. The molecular weight excluding hydrogens is 587 g/mol. The number of para-hydroxylation sites is 2. The number of aromatic amines is 1. The standard InChI is InChI=1S/C14H21BrN2O2Si.C8H7BrN2O.CH3F/c1-16-13-11(15)6-5-7-12(13)17(14(16)18)10-19-8-9-20(2,3)4;1-11-7-5(9)3-2-4-6(7)10-8(11)12;1-2/h5-7H,8-10H2,1-4H3;2-4H,1H3,(H,10,12);1H3/i;;1D. The summed E-state index contributed by atoms with van der Waals surface area (Å²) in [6.07, 6.45) is 0. The number of fused-ring (bicyclic) bond motifs is 2. The molecule has 0 aliphatic heterocycles. The zero-order valence-corrected chi connectivity index (χ0v) is 24.2.